The summed E-state index contributed by atoms with van der Waals surface area (Å²) < 4.78 is 19.0. The highest BCUT2D eigenvalue weighted by atomic mass is 19.1. The van der Waals surface area contributed by atoms with Gasteiger partial charge >= 0.3 is 0 Å². The van der Waals surface area contributed by atoms with Gasteiger partial charge in [0.15, 0.2) is 0 Å². The van der Waals surface area contributed by atoms with Crippen molar-refractivity contribution in [2.24, 2.45) is 0 Å². The number of anilines is 1. The number of hydrogen-bond acceptors (Lipinski definition) is 3. The topological polar surface area (TPSA) is 24.5 Å². The molecule has 3 aromatic carbocycles. The highest BCUT2D eigenvalue weighted by Gasteiger charge is 2.19. The van der Waals surface area contributed by atoms with Gasteiger partial charge in [-0.25, -0.2) is 4.39 Å². The third-order valence-corrected chi connectivity index (χ3v) is 5.09. The van der Waals surface area contributed by atoms with Gasteiger partial charge in [0.1, 0.15) is 17.3 Å². The number of halogens is 1. The van der Waals surface area contributed by atoms with E-state index in [4.69, 9.17) is 4.74 Å². The summed E-state index contributed by atoms with van der Waals surface area (Å²) in [5.41, 5.74) is 2.25. The van der Waals surface area contributed by atoms with Crippen LogP contribution in [0, 0.1) is 5.82 Å². The molecule has 0 saturated carbocycles. The molecule has 0 atom stereocenters. The van der Waals surface area contributed by atoms with Gasteiger partial charge < -0.3 is 10.1 Å². The summed E-state index contributed by atoms with van der Waals surface area (Å²) in [6.07, 6.45) is 2.16. The molecule has 0 bridgehead atoms. The van der Waals surface area contributed by atoms with Gasteiger partial charge in [0, 0.05) is 31.4 Å². The molecule has 0 unspecified atom stereocenters. The van der Waals surface area contributed by atoms with Crippen LogP contribution in [-0.4, -0.2) is 24.0 Å². The summed E-state index contributed by atoms with van der Waals surface area (Å²) in [5, 5.41) is 3.52. The third-order valence-electron chi connectivity index (χ3n) is 5.09. The Bertz CT molecular complexity index is 875. The molecule has 0 aromatic heterocycles. The normalized spacial score (nSPS) is 15.3. The Hall–Kier alpha value is -2.85. The zero-order valence-corrected chi connectivity index (χ0v) is 15.9. The van der Waals surface area contributed by atoms with Crippen molar-refractivity contribution in [2.75, 3.05) is 18.4 Å². The van der Waals surface area contributed by atoms with Gasteiger partial charge in [0.05, 0.1) is 0 Å². The van der Waals surface area contributed by atoms with Crippen molar-refractivity contribution in [3.8, 4) is 11.5 Å². The Morgan fingerprint density at radius 3 is 2.32 bits per heavy atom. The van der Waals surface area contributed by atoms with Crippen LogP contribution in [0.15, 0.2) is 78.9 Å². The number of benzene rings is 3. The van der Waals surface area contributed by atoms with Crippen LogP contribution in [-0.2, 0) is 6.54 Å². The van der Waals surface area contributed by atoms with Crippen molar-refractivity contribution in [1.29, 1.82) is 0 Å². The van der Waals surface area contributed by atoms with E-state index in [1.807, 2.05) is 36.4 Å². The van der Waals surface area contributed by atoms with Gasteiger partial charge in [0.25, 0.3) is 0 Å². The molecule has 1 heterocycles. The number of para-hydroxylation sites is 1. The first-order valence-corrected chi connectivity index (χ1v) is 9.81. The molecule has 3 aromatic rings. The minimum Gasteiger partial charge on any atom is -0.457 e. The predicted octanol–water partition coefficient (Wildman–Crippen LogP) is 5.69. The first-order valence-electron chi connectivity index (χ1n) is 9.81. The van der Waals surface area contributed by atoms with Crippen LogP contribution in [0.5, 0.6) is 11.5 Å². The Morgan fingerprint density at radius 1 is 0.857 bits per heavy atom. The molecule has 144 valence electrons. The van der Waals surface area contributed by atoms with Crippen molar-refractivity contribution in [2.45, 2.75) is 25.4 Å². The summed E-state index contributed by atoms with van der Waals surface area (Å²) in [6.45, 7) is 3.01. The van der Waals surface area contributed by atoms with E-state index in [1.54, 1.807) is 12.1 Å². The molecule has 0 aliphatic carbocycles. The van der Waals surface area contributed by atoms with E-state index in [2.05, 4.69) is 28.4 Å². The van der Waals surface area contributed by atoms with E-state index < -0.39 is 0 Å². The molecule has 1 fully saturated rings. The fourth-order valence-electron chi connectivity index (χ4n) is 3.61. The van der Waals surface area contributed by atoms with Gasteiger partial charge in [-0.05, 0) is 66.9 Å². The zero-order valence-electron chi connectivity index (χ0n) is 15.9. The molecule has 0 radical (unpaired) electrons. The summed E-state index contributed by atoms with van der Waals surface area (Å²) in [4.78, 5) is 2.48. The minimum absolute atomic E-state index is 0.196. The Morgan fingerprint density at radius 2 is 1.57 bits per heavy atom. The molecule has 1 aliphatic rings. The first-order chi connectivity index (χ1) is 13.7. The largest absolute Gasteiger partial charge is 0.457 e. The monoisotopic (exact) mass is 376 g/mol. The lowest BCUT2D eigenvalue weighted by molar-refractivity contribution is 0.211. The average Bonchev–Trinajstić information content (AvgIpc) is 2.72. The maximum absolute atomic E-state index is 13.0. The molecular formula is C24H25FN2O. The van der Waals surface area contributed by atoms with Crippen LogP contribution in [0.25, 0.3) is 0 Å². The SMILES string of the molecule is Fc1ccc(NC2CCN(Cc3cccc(Oc4ccccc4)c3)CC2)cc1. The Balaban J connectivity index is 1.28. The van der Waals surface area contributed by atoms with Crippen molar-refractivity contribution < 1.29 is 9.13 Å². The summed E-state index contributed by atoms with van der Waals surface area (Å²) in [5.74, 6) is 1.53. The van der Waals surface area contributed by atoms with Crippen LogP contribution in [0.1, 0.15) is 18.4 Å². The number of piperidine rings is 1. The van der Waals surface area contributed by atoms with Gasteiger partial charge in [-0.2, -0.15) is 0 Å². The van der Waals surface area contributed by atoms with Crippen LogP contribution in [0.3, 0.4) is 0 Å². The molecule has 0 spiro atoms. The lowest BCUT2D eigenvalue weighted by Gasteiger charge is -2.33. The molecule has 4 rings (SSSR count). The van der Waals surface area contributed by atoms with E-state index in [-0.39, 0.29) is 5.82 Å². The average molecular weight is 376 g/mol. The summed E-state index contributed by atoms with van der Waals surface area (Å²) in [7, 11) is 0. The summed E-state index contributed by atoms with van der Waals surface area (Å²) >= 11 is 0. The number of nitrogens with one attached hydrogen (secondary N) is 1. The van der Waals surface area contributed by atoms with Gasteiger partial charge in [-0.1, -0.05) is 30.3 Å². The third kappa shape index (κ3) is 5.11. The smallest absolute Gasteiger partial charge is 0.127 e. The summed E-state index contributed by atoms with van der Waals surface area (Å²) in [6, 6.07) is 25.2. The van der Waals surface area contributed by atoms with E-state index in [9.17, 15) is 4.39 Å². The molecule has 28 heavy (non-hydrogen) atoms. The van der Waals surface area contributed by atoms with Crippen LogP contribution < -0.4 is 10.1 Å². The van der Waals surface area contributed by atoms with Gasteiger partial charge in [-0.3, -0.25) is 4.90 Å². The second-order valence-electron chi connectivity index (χ2n) is 7.26. The van der Waals surface area contributed by atoms with E-state index in [0.29, 0.717) is 6.04 Å². The number of likely N-dealkylation sites (tertiary alicyclic amines) is 1. The fourth-order valence-corrected chi connectivity index (χ4v) is 3.61. The lowest BCUT2D eigenvalue weighted by Crippen LogP contribution is -2.38. The molecule has 1 N–H and O–H groups in total. The second-order valence-corrected chi connectivity index (χ2v) is 7.26. The highest BCUT2D eigenvalue weighted by Crippen LogP contribution is 2.24. The fraction of sp³-hybridized carbons (Fsp3) is 0.250. The van der Waals surface area contributed by atoms with Gasteiger partial charge in [-0.15, -0.1) is 0 Å². The van der Waals surface area contributed by atoms with Crippen LogP contribution >= 0.6 is 0 Å². The van der Waals surface area contributed by atoms with E-state index >= 15 is 0 Å². The maximum Gasteiger partial charge on any atom is 0.127 e. The van der Waals surface area contributed by atoms with Crippen molar-refractivity contribution in [1.82, 2.24) is 4.90 Å². The van der Waals surface area contributed by atoms with Crippen molar-refractivity contribution in [3.05, 3.63) is 90.2 Å². The zero-order chi connectivity index (χ0) is 19.2. The van der Waals surface area contributed by atoms with Crippen LogP contribution in [0.2, 0.25) is 0 Å². The molecule has 1 saturated heterocycles. The van der Waals surface area contributed by atoms with Gasteiger partial charge in [0.2, 0.25) is 0 Å². The van der Waals surface area contributed by atoms with Crippen LogP contribution in [0.4, 0.5) is 10.1 Å². The molecule has 1 aliphatic heterocycles. The predicted molar refractivity (Wildman–Crippen MR) is 111 cm³/mol. The molecule has 0 amide bonds. The van der Waals surface area contributed by atoms with E-state index in [1.165, 1.54) is 17.7 Å². The molecule has 4 heteroatoms. The lowest BCUT2D eigenvalue weighted by atomic mass is 10.0. The van der Waals surface area contributed by atoms with E-state index in [0.717, 1.165) is 49.7 Å². The Labute approximate surface area is 165 Å². The van der Waals surface area contributed by atoms with Crippen molar-refractivity contribution >= 4 is 5.69 Å². The number of ether oxygens (including phenoxy) is 1. The molecule has 3 nitrogen and oxygen atoms in total. The number of hydrogen-bond donors (Lipinski definition) is 1. The number of rotatable bonds is 6. The quantitative estimate of drug-likeness (QED) is 0.598. The highest BCUT2D eigenvalue weighted by molar-refractivity contribution is 5.43. The Kier molecular flexibility index (Phi) is 5.88. The minimum atomic E-state index is -0.196. The maximum atomic E-state index is 13.0. The second kappa shape index (κ2) is 8.89. The van der Waals surface area contributed by atoms with Crippen molar-refractivity contribution in [3.63, 3.8) is 0 Å². The number of nitrogens with zero attached hydrogens (tertiary/aromatic N) is 1. The standard InChI is InChI=1S/C24H25FN2O/c25-20-9-11-21(12-10-20)26-22-13-15-27(16-14-22)18-19-5-4-8-24(17-19)28-23-6-2-1-3-7-23/h1-12,17,22,26H,13-16,18H2. The molecular weight excluding hydrogens is 351 g/mol. The first kappa shape index (κ1) is 18.5.